The first-order valence-electron chi connectivity index (χ1n) is 13.9. The lowest BCUT2D eigenvalue weighted by Crippen LogP contribution is -2.26. The maximum Gasteiger partial charge on any atom is 0.416 e. The molecule has 1 aliphatic carbocycles. The Bertz CT molecular complexity index is 1550. The quantitative estimate of drug-likeness (QED) is 0.172. The summed E-state index contributed by atoms with van der Waals surface area (Å²) in [7, 11) is 0. The van der Waals surface area contributed by atoms with E-state index in [9.17, 15) is 26.3 Å². The number of hydrogen-bond acceptors (Lipinski definition) is 5. The predicted molar refractivity (Wildman–Crippen MR) is 156 cm³/mol. The van der Waals surface area contributed by atoms with Crippen molar-refractivity contribution in [2.24, 2.45) is 11.7 Å². The Labute approximate surface area is 253 Å². The summed E-state index contributed by atoms with van der Waals surface area (Å²) in [6.45, 7) is 2.24. The minimum atomic E-state index is -4.96. The van der Waals surface area contributed by atoms with Crippen LogP contribution in [0.1, 0.15) is 65.1 Å². The number of para-hydroxylation sites is 1. The topological polar surface area (TPSA) is 67.9 Å². The molecule has 4 aromatic rings. The smallest absolute Gasteiger partial charge is 0.332 e. The number of rotatable bonds is 10. The summed E-state index contributed by atoms with van der Waals surface area (Å²) in [4.78, 5) is 15.4. The number of aromatic nitrogens is 3. The lowest BCUT2D eigenvalue weighted by atomic mass is 9.90. The number of benzene rings is 2. The first-order chi connectivity index (χ1) is 20.3. The van der Waals surface area contributed by atoms with Gasteiger partial charge in [0.1, 0.15) is 0 Å². The molecule has 1 atom stereocenters. The van der Waals surface area contributed by atoms with Crippen LogP contribution in [0.25, 0.3) is 10.9 Å². The van der Waals surface area contributed by atoms with Gasteiger partial charge >= 0.3 is 12.4 Å². The lowest BCUT2D eigenvalue weighted by Gasteiger charge is -2.27. The number of anilines is 1. The van der Waals surface area contributed by atoms with Crippen molar-refractivity contribution in [2.75, 3.05) is 11.4 Å². The van der Waals surface area contributed by atoms with Crippen molar-refractivity contribution in [3.8, 4) is 0 Å². The van der Waals surface area contributed by atoms with Gasteiger partial charge in [-0.3, -0.25) is 4.98 Å². The number of nitrogens with two attached hydrogens (primary N) is 1. The molecule has 2 aromatic heterocycles. The summed E-state index contributed by atoms with van der Waals surface area (Å²) in [6.07, 6.45) is -3.07. The van der Waals surface area contributed by atoms with Crippen LogP contribution in [0.3, 0.4) is 0 Å². The van der Waals surface area contributed by atoms with E-state index in [-0.39, 0.29) is 36.6 Å². The first-order valence-corrected chi connectivity index (χ1v) is 14.7. The monoisotopic (exact) mass is 665 g/mol. The Morgan fingerprint density at radius 2 is 1.60 bits per heavy atom. The Balaban J connectivity index is 1.62. The zero-order valence-corrected chi connectivity index (χ0v) is 24.9. The zero-order chi connectivity index (χ0) is 30.9. The molecule has 1 saturated carbocycles. The number of pyridine rings is 1. The van der Waals surface area contributed by atoms with Crippen molar-refractivity contribution >= 4 is 32.8 Å². The lowest BCUT2D eigenvalue weighted by molar-refractivity contribution is -0.143. The fourth-order valence-corrected chi connectivity index (χ4v) is 5.62. The van der Waals surface area contributed by atoms with E-state index in [2.05, 4.69) is 25.9 Å². The van der Waals surface area contributed by atoms with E-state index < -0.39 is 23.5 Å². The molecule has 12 heteroatoms. The second kappa shape index (κ2) is 12.4. The van der Waals surface area contributed by atoms with Crippen LogP contribution in [0.4, 0.5) is 32.3 Å². The molecule has 43 heavy (non-hydrogen) atoms. The molecule has 0 saturated heterocycles. The fraction of sp³-hybridized carbons (Fsp3) is 0.387. The molecule has 5 nitrogen and oxygen atoms in total. The SMILES string of the molecule is Cc1cccc2cc(CN(Cc3cc(C(F)(F)F)cc(C(F)(F)F)c3)c3ncc(Br)cn3)c(C(CCN)CC3CC3)nc12. The molecule has 5 rings (SSSR count). The molecule has 0 aliphatic heterocycles. The summed E-state index contributed by atoms with van der Waals surface area (Å²) in [5, 5.41) is 0.881. The van der Waals surface area contributed by atoms with Gasteiger partial charge in [-0.1, -0.05) is 31.0 Å². The van der Waals surface area contributed by atoms with Crippen molar-refractivity contribution in [1.29, 1.82) is 0 Å². The van der Waals surface area contributed by atoms with E-state index in [4.69, 9.17) is 10.7 Å². The first kappa shape index (κ1) is 31.2. The van der Waals surface area contributed by atoms with E-state index in [0.29, 0.717) is 23.4 Å². The van der Waals surface area contributed by atoms with Crippen LogP contribution in [-0.2, 0) is 25.4 Å². The fourth-order valence-electron chi connectivity index (χ4n) is 5.41. The van der Waals surface area contributed by atoms with E-state index in [1.54, 1.807) is 4.90 Å². The zero-order valence-electron chi connectivity index (χ0n) is 23.3. The van der Waals surface area contributed by atoms with Gasteiger partial charge in [0.2, 0.25) is 5.95 Å². The van der Waals surface area contributed by atoms with Gasteiger partial charge in [-0.15, -0.1) is 0 Å². The van der Waals surface area contributed by atoms with Crippen molar-refractivity contribution < 1.29 is 26.3 Å². The molecule has 1 unspecified atom stereocenters. The third-order valence-corrected chi connectivity index (χ3v) is 8.06. The summed E-state index contributed by atoms with van der Waals surface area (Å²) < 4.78 is 82.6. The molecule has 2 aromatic carbocycles. The van der Waals surface area contributed by atoms with Crippen LogP contribution >= 0.6 is 15.9 Å². The van der Waals surface area contributed by atoms with Gasteiger partial charge in [0, 0.05) is 42.5 Å². The minimum Gasteiger partial charge on any atom is -0.332 e. The maximum absolute atomic E-state index is 13.7. The van der Waals surface area contributed by atoms with Gasteiger partial charge in [-0.05, 0) is 89.1 Å². The van der Waals surface area contributed by atoms with E-state index in [1.165, 1.54) is 12.4 Å². The Morgan fingerprint density at radius 1 is 0.953 bits per heavy atom. The van der Waals surface area contributed by atoms with Gasteiger partial charge in [0.05, 0.1) is 21.1 Å². The molecule has 2 heterocycles. The van der Waals surface area contributed by atoms with Gasteiger partial charge < -0.3 is 10.6 Å². The second-order valence-corrected chi connectivity index (χ2v) is 12.0. The standard InChI is InChI=1S/C31H30BrF6N5/c1-18-3-2-4-21-12-23(28(42-27(18)21)22(7-8-39)9-19-5-6-19)17-43(29-40-14-26(32)15-41-29)16-20-10-24(30(33,34)35)13-25(11-20)31(36,37)38/h2-4,10-15,19,22H,5-9,16-17,39H2,1H3. The maximum atomic E-state index is 13.7. The molecule has 1 aliphatic rings. The van der Waals surface area contributed by atoms with Crippen molar-refractivity contribution in [1.82, 2.24) is 15.0 Å². The van der Waals surface area contributed by atoms with Gasteiger partial charge in [-0.25, -0.2) is 9.97 Å². The number of hydrogen-bond donors (Lipinski definition) is 1. The van der Waals surface area contributed by atoms with Crippen LogP contribution < -0.4 is 10.6 Å². The average molecular weight is 667 g/mol. The molecular weight excluding hydrogens is 636 g/mol. The van der Waals surface area contributed by atoms with Crippen molar-refractivity contribution in [3.05, 3.63) is 92.8 Å². The molecule has 0 amide bonds. The molecule has 0 spiro atoms. The number of halogens is 7. The molecule has 228 valence electrons. The number of aryl methyl sites for hydroxylation is 1. The number of nitrogens with zero attached hydrogens (tertiary/aromatic N) is 4. The van der Waals surface area contributed by atoms with Gasteiger partial charge in [0.25, 0.3) is 0 Å². The van der Waals surface area contributed by atoms with Gasteiger partial charge in [-0.2, -0.15) is 26.3 Å². The van der Waals surface area contributed by atoms with Crippen LogP contribution in [-0.4, -0.2) is 21.5 Å². The summed E-state index contributed by atoms with van der Waals surface area (Å²) in [5.41, 5.74) is 6.58. The van der Waals surface area contributed by atoms with Crippen LogP contribution in [0.15, 0.2) is 59.3 Å². The number of alkyl halides is 6. The Hall–Kier alpha value is -3.25. The largest absolute Gasteiger partial charge is 0.416 e. The molecule has 2 N–H and O–H groups in total. The van der Waals surface area contributed by atoms with E-state index in [1.807, 2.05) is 31.2 Å². The minimum absolute atomic E-state index is 0.0505. The summed E-state index contributed by atoms with van der Waals surface area (Å²) in [5.74, 6) is 0.784. The van der Waals surface area contributed by atoms with Crippen molar-refractivity contribution in [2.45, 2.75) is 64.0 Å². The van der Waals surface area contributed by atoms with Gasteiger partial charge in [0.15, 0.2) is 0 Å². The van der Waals surface area contributed by atoms with Crippen LogP contribution in [0.2, 0.25) is 0 Å². The molecule has 0 radical (unpaired) electrons. The summed E-state index contributed by atoms with van der Waals surface area (Å²) >= 11 is 3.29. The normalized spacial score (nSPS) is 14.7. The predicted octanol–water partition coefficient (Wildman–Crippen LogP) is 8.57. The highest BCUT2D eigenvalue weighted by Gasteiger charge is 2.37. The highest BCUT2D eigenvalue weighted by Crippen LogP contribution is 2.41. The van der Waals surface area contributed by atoms with E-state index >= 15 is 0 Å². The second-order valence-electron chi connectivity index (χ2n) is 11.1. The Morgan fingerprint density at radius 3 is 2.19 bits per heavy atom. The van der Waals surface area contributed by atoms with Crippen LogP contribution in [0, 0.1) is 12.8 Å². The molecule has 1 fully saturated rings. The number of fused-ring (bicyclic) bond motifs is 1. The molecular formula is C31H30BrF6N5. The highest BCUT2D eigenvalue weighted by molar-refractivity contribution is 9.10. The van der Waals surface area contributed by atoms with Crippen LogP contribution in [0.5, 0.6) is 0 Å². The third-order valence-electron chi connectivity index (χ3n) is 7.65. The van der Waals surface area contributed by atoms with E-state index in [0.717, 1.165) is 59.1 Å². The Kier molecular flexibility index (Phi) is 8.99. The molecule has 0 bridgehead atoms. The van der Waals surface area contributed by atoms with Crippen molar-refractivity contribution in [3.63, 3.8) is 0 Å². The summed E-state index contributed by atoms with van der Waals surface area (Å²) in [6, 6.07) is 9.45. The third kappa shape index (κ3) is 7.64. The average Bonchev–Trinajstić information content (AvgIpc) is 3.76. The highest BCUT2D eigenvalue weighted by atomic mass is 79.9.